The van der Waals surface area contributed by atoms with E-state index >= 15 is 0 Å². The molecular weight excluding hydrogens is 160 g/mol. The minimum absolute atomic E-state index is 0.220. The Bertz CT molecular complexity index is 272. The van der Waals surface area contributed by atoms with E-state index in [9.17, 15) is 18.9 Å². The summed E-state index contributed by atoms with van der Waals surface area (Å²) >= 11 is 0. The molecule has 0 atom stereocenters. The Kier molecular flexibility index (Phi) is 1.79. The molecule has 0 aliphatic rings. The Morgan fingerprint density at radius 1 is 1.73 bits per heavy atom. The van der Waals surface area contributed by atoms with Gasteiger partial charge in [0.05, 0.1) is 17.4 Å². The Balaban J connectivity index is 2.90. The van der Waals surface area contributed by atoms with Crippen LogP contribution in [0.3, 0.4) is 0 Å². The summed E-state index contributed by atoms with van der Waals surface area (Å²) in [7, 11) is 0. The van der Waals surface area contributed by atoms with Crippen LogP contribution in [-0.4, -0.2) is 14.7 Å². The second kappa shape index (κ2) is 2.60. The lowest BCUT2D eigenvalue weighted by Crippen LogP contribution is -1.99. The van der Waals surface area contributed by atoms with Gasteiger partial charge in [-0.15, -0.1) is 4.68 Å². The van der Waals surface area contributed by atoms with Crippen molar-refractivity contribution in [3.63, 3.8) is 0 Å². The molecule has 0 aliphatic heterocycles. The zero-order valence-electron chi connectivity index (χ0n) is 5.15. The summed E-state index contributed by atoms with van der Waals surface area (Å²) in [5, 5.41) is 12.9. The number of alkyl halides is 2. The molecule has 1 rings (SSSR count). The molecule has 0 unspecified atom stereocenters. The van der Waals surface area contributed by atoms with E-state index in [0.717, 1.165) is 12.3 Å². The van der Waals surface area contributed by atoms with Gasteiger partial charge in [-0.1, -0.05) is 0 Å². The maximum Gasteiger partial charge on any atom is 0.390 e. The highest BCUT2D eigenvalue weighted by Gasteiger charge is 2.16. The molecule has 0 radical (unpaired) electrons. The molecule has 0 aromatic carbocycles. The molecule has 7 heteroatoms. The van der Waals surface area contributed by atoms with Crippen molar-refractivity contribution in [2.45, 2.75) is 6.55 Å². The molecule has 0 aliphatic carbocycles. The summed E-state index contributed by atoms with van der Waals surface area (Å²) in [5.74, 6) is -0.578. The molecule has 60 valence electrons. The van der Waals surface area contributed by atoms with Crippen molar-refractivity contribution in [2.75, 3.05) is 0 Å². The van der Waals surface area contributed by atoms with Crippen molar-refractivity contribution < 1.29 is 13.7 Å². The van der Waals surface area contributed by atoms with Gasteiger partial charge in [0.15, 0.2) is 0 Å². The number of aromatic nitrogens is 2. The van der Waals surface area contributed by atoms with E-state index in [4.69, 9.17) is 0 Å². The zero-order chi connectivity index (χ0) is 8.43. The molecule has 0 bridgehead atoms. The molecular formula is C4H3F2N3O2. The number of rotatable bonds is 2. The Hall–Kier alpha value is -1.53. The van der Waals surface area contributed by atoms with Crippen LogP contribution in [0.25, 0.3) is 0 Å². The van der Waals surface area contributed by atoms with Gasteiger partial charge in [0.1, 0.15) is 0 Å². The van der Waals surface area contributed by atoms with Gasteiger partial charge < -0.3 is 10.1 Å². The lowest BCUT2D eigenvalue weighted by atomic mass is 10.7. The lowest BCUT2D eigenvalue weighted by molar-refractivity contribution is -0.390. The molecule has 0 spiro atoms. The highest BCUT2D eigenvalue weighted by Crippen LogP contribution is 2.12. The van der Waals surface area contributed by atoms with Crippen LogP contribution in [-0.2, 0) is 0 Å². The maximum absolute atomic E-state index is 11.7. The van der Waals surface area contributed by atoms with Crippen LogP contribution in [0.5, 0.6) is 0 Å². The molecule has 0 N–H and O–H groups in total. The van der Waals surface area contributed by atoms with Crippen molar-refractivity contribution in [3.05, 3.63) is 22.4 Å². The SMILES string of the molecule is O=[N+]([O-])c1ccn(C(F)F)n1. The van der Waals surface area contributed by atoms with Gasteiger partial charge >= 0.3 is 12.4 Å². The number of hydrogen-bond acceptors (Lipinski definition) is 3. The number of hydrogen-bond donors (Lipinski definition) is 0. The van der Waals surface area contributed by atoms with Crippen LogP contribution in [0.15, 0.2) is 12.3 Å². The quantitative estimate of drug-likeness (QED) is 0.485. The molecule has 1 aromatic heterocycles. The van der Waals surface area contributed by atoms with Crippen molar-refractivity contribution in [1.29, 1.82) is 0 Å². The van der Waals surface area contributed by atoms with E-state index in [1.54, 1.807) is 0 Å². The third-order valence-corrected chi connectivity index (χ3v) is 0.981. The number of halogens is 2. The van der Waals surface area contributed by atoms with Gasteiger partial charge in [-0.25, -0.2) is 0 Å². The van der Waals surface area contributed by atoms with E-state index in [1.807, 2.05) is 0 Å². The van der Waals surface area contributed by atoms with Gasteiger partial charge in [-0.05, 0) is 4.92 Å². The van der Waals surface area contributed by atoms with E-state index in [-0.39, 0.29) is 4.68 Å². The fraction of sp³-hybridized carbons (Fsp3) is 0.250. The van der Waals surface area contributed by atoms with Gasteiger partial charge in [-0.3, -0.25) is 0 Å². The van der Waals surface area contributed by atoms with Crippen molar-refractivity contribution >= 4 is 5.82 Å². The molecule has 0 fully saturated rings. The monoisotopic (exact) mass is 163 g/mol. The van der Waals surface area contributed by atoms with Crippen LogP contribution in [0, 0.1) is 10.1 Å². The van der Waals surface area contributed by atoms with Gasteiger partial charge in [0.2, 0.25) is 0 Å². The van der Waals surface area contributed by atoms with Crippen LogP contribution in [0.1, 0.15) is 6.55 Å². The third kappa shape index (κ3) is 1.48. The topological polar surface area (TPSA) is 61.0 Å². The van der Waals surface area contributed by atoms with Crippen molar-refractivity contribution in [3.8, 4) is 0 Å². The average Bonchev–Trinajstić information content (AvgIpc) is 2.33. The molecule has 1 heterocycles. The highest BCUT2D eigenvalue weighted by molar-refractivity contribution is 5.13. The Morgan fingerprint density at radius 2 is 2.36 bits per heavy atom. The molecule has 5 nitrogen and oxygen atoms in total. The zero-order valence-corrected chi connectivity index (χ0v) is 5.15. The van der Waals surface area contributed by atoms with Crippen molar-refractivity contribution in [1.82, 2.24) is 9.78 Å². The Morgan fingerprint density at radius 3 is 2.64 bits per heavy atom. The largest absolute Gasteiger partial charge is 0.390 e. The average molecular weight is 163 g/mol. The molecule has 11 heavy (non-hydrogen) atoms. The van der Waals surface area contributed by atoms with Crippen molar-refractivity contribution in [2.24, 2.45) is 0 Å². The summed E-state index contributed by atoms with van der Waals surface area (Å²) in [6.07, 6.45) is 0.850. The first-order chi connectivity index (χ1) is 5.11. The molecule has 1 aromatic rings. The second-order valence-electron chi connectivity index (χ2n) is 1.69. The minimum Gasteiger partial charge on any atom is -0.358 e. The van der Waals surface area contributed by atoms with E-state index < -0.39 is 17.3 Å². The first kappa shape index (κ1) is 7.58. The predicted molar refractivity (Wildman–Crippen MR) is 30.1 cm³/mol. The Labute approximate surface area is 59.4 Å². The smallest absolute Gasteiger partial charge is 0.358 e. The van der Waals surface area contributed by atoms with Gasteiger partial charge in [0, 0.05) is 0 Å². The standard InChI is InChI=1S/C4H3F2N3O2/c5-4(6)8-2-1-3(7-8)9(10)11/h1-2,4H. The lowest BCUT2D eigenvalue weighted by Gasteiger charge is -1.89. The molecule has 0 saturated heterocycles. The van der Waals surface area contributed by atoms with Crippen LogP contribution >= 0.6 is 0 Å². The molecule has 0 saturated carbocycles. The van der Waals surface area contributed by atoms with E-state index in [1.165, 1.54) is 0 Å². The second-order valence-corrected chi connectivity index (χ2v) is 1.69. The normalized spacial score (nSPS) is 10.5. The van der Waals surface area contributed by atoms with Gasteiger partial charge in [-0.2, -0.15) is 8.78 Å². The summed E-state index contributed by atoms with van der Waals surface area (Å²) in [6, 6.07) is 0.909. The fourth-order valence-electron chi connectivity index (χ4n) is 0.534. The van der Waals surface area contributed by atoms with E-state index in [2.05, 4.69) is 5.10 Å². The van der Waals surface area contributed by atoms with Crippen LogP contribution in [0.2, 0.25) is 0 Å². The summed E-state index contributed by atoms with van der Waals surface area (Å²) in [6.45, 7) is -2.83. The predicted octanol–water partition coefficient (Wildman–Crippen LogP) is 1.19. The minimum atomic E-state index is -2.83. The van der Waals surface area contributed by atoms with E-state index in [0.29, 0.717) is 0 Å². The molecule has 0 amide bonds. The number of nitro groups is 1. The summed E-state index contributed by atoms with van der Waals surface area (Å²) < 4.78 is 23.7. The van der Waals surface area contributed by atoms with Crippen LogP contribution in [0.4, 0.5) is 14.6 Å². The first-order valence-corrected chi connectivity index (χ1v) is 2.59. The summed E-state index contributed by atoms with van der Waals surface area (Å²) in [5.41, 5.74) is 0. The fourth-order valence-corrected chi connectivity index (χ4v) is 0.534. The summed E-state index contributed by atoms with van der Waals surface area (Å²) in [4.78, 5) is 9.09. The number of nitrogens with zero attached hydrogens (tertiary/aromatic N) is 3. The third-order valence-electron chi connectivity index (χ3n) is 0.981. The maximum atomic E-state index is 11.7. The van der Waals surface area contributed by atoms with Crippen LogP contribution < -0.4 is 0 Å². The highest BCUT2D eigenvalue weighted by atomic mass is 19.3. The van der Waals surface area contributed by atoms with Gasteiger partial charge in [0.25, 0.3) is 0 Å². The first-order valence-electron chi connectivity index (χ1n) is 2.59.